The number of halogens is 1. The maximum Gasteiger partial charge on any atom is 0.167 e. The molecule has 0 spiro atoms. The van der Waals surface area contributed by atoms with Gasteiger partial charge in [0.1, 0.15) is 0 Å². The summed E-state index contributed by atoms with van der Waals surface area (Å²) in [7, 11) is 0. The predicted octanol–water partition coefficient (Wildman–Crippen LogP) is 4.12. The van der Waals surface area contributed by atoms with Crippen molar-refractivity contribution in [2.75, 3.05) is 11.1 Å². The van der Waals surface area contributed by atoms with E-state index >= 15 is 0 Å². The van der Waals surface area contributed by atoms with Gasteiger partial charge in [-0.25, -0.2) is 4.39 Å². The molecule has 0 aliphatic rings. The SMILES string of the molecule is Cc1cccc(CNc2cc(OC(C)C)c(F)cc2N)c1. The molecule has 0 fully saturated rings. The summed E-state index contributed by atoms with van der Waals surface area (Å²) in [6.07, 6.45) is -0.0900. The number of hydrogen-bond donors (Lipinski definition) is 2. The third-order valence-corrected chi connectivity index (χ3v) is 3.03. The molecular formula is C17H21FN2O. The molecule has 21 heavy (non-hydrogen) atoms. The van der Waals surface area contributed by atoms with E-state index in [2.05, 4.69) is 11.4 Å². The van der Waals surface area contributed by atoms with Crippen LogP contribution in [-0.2, 0) is 6.54 Å². The number of hydrogen-bond acceptors (Lipinski definition) is 3. The highest BCUT2D eigenvalue weighted by atomic mass is 19.1. The van der Waals surface area contributed by atoms with Gasteiger partial charge in [-0.2, -0.15) is 0 Å². The van der Waals surface area contributed by atoms with Crippen LogP contribution in [0.4, 0.5) is 15.8 Å². The summed E-state index contributed by atoms with van der Waals surface area (Å²) in [5.74, 6) is -0.228. The molecule has 0 unspecified atom stereocenters. The van der Waals surface area contributed by atoms with Crippen LogP contribution in [0, 0.1) is 12.7 Å². The lowest BCUT2D eigenvalue weighted by Crippen LogP contribution is -2.09. The first-order valence-electron chi connectivity index (χ1n) is 7.01. The average molecular weight is 288 g/mol. The van der Waals surface area contributed by atoms with Crippen LogP contribution in [0.25, 0.3) is 0 Å². The Hall–Kier alpha value is -2.23. The molecule has 0 heterocycles. The van der Waals surface area contributed by atoms with E-state index in [0.29, 0.717) is 17.9 Å². The Labute approximate surface area is 124 Å². The topological polar surface area (TPSA) is 47.3 Å². The maximum atomic E-state index is 13.8. The summed E-state index contributed by atoms with van der Waals surface area (Å²) in [6, 6.07) is 11.1. The Morgan fingerprint density at radius 3 is 2.67 bits per heavy atom. The molecule has 4 heteroatoms. The molecule has 3 N–H and O–H groups in total. The minimum atomic E-state index is -0.442. The van der Waals surface area contributed by atoms with E-state index in [0.717, 1.165) is 5.56 Å². The van der Waals surface area contributed by atoms with Crippen molar-refractivity contribution in [3.05, 3.63) is 53.3 Å². The van der Waals surface area contributed by atoms with Gasteiger partial charge in [-0.15, -0.1) is 0 Å². The van der Waals surface area contributed by atoms with Crippen molar-refractivity contribution in [1.82, 2.24) is 0 Å². The Balaban J connectivity index is 2.15. The van der Waals surface area contributed by atoms with Crippen LogP contribution in [0.1, 0.15) is 25.0 Å². The largest absolute Gasteiger partial charge is 0.488 e. The lowest BCUT2D eigenvalue weighted by atomic mass is 10.1. The van der Waals surface area contributed by atoms with Crippen LogP contribution in [0.15, 0.2) is 36.4 Å². The fourth-order valence-electron chi connectivity index (χ4n) is 2.09. The quantitative estimate of drug-likeness (QED) is 0.814. The second-order valence-electron chi connectivity index (χ2n) is 5.38. The van der Waals surface area contributed by atoms with Crippen molar-refractivity contribution in [2.45, 2.75) is 33.4 Å². The highest BCUT2D eigenvalue weighted by Crippen LogP contribution is 2.29. The zero-order chi connectivity index (χ0) is 15.4. The van der Waals surface area contributed by atoms with Crippen molar-refractivity contribution < 1.29 is 9.13 Å². The van der Waals surface area contributed by atoms with Crippen LogP contribution < -0.4 is 15.8 Å². The van der Waals surface area contributed by atoms with Gasteiger partial charge < -0.3 is 15.8 Å². The fourth-order valence-corrected chi connectivity index (χ4v) is 2.09. The van der Waals surface area contributed by atoms with Gasteiger partial charge in [0.25, 0.3) is 0 Å². The van der Waals surface area contributed by atoms with Gasteiger partial charge in [0, 0.05) is 18.7 Å². The Bertz CT molecular complexity index is 626. The van der Waals surface area contributed by atoms with Crippen LogP contribution in [0.2, 0.25) is 0 Å². The Morgan fingerprint density at radius 1 is 1.24 bits per heavy atom. The van der Waals surface area contributed by atoms with Crippen molar-refractivity contribution in [3.8, 4) is 5.75 Å². The molecule has 0 aliphatic carbocycles. The smallest absolute Gasteiger partial charge is 0.167 e. The van der Waals surface area contributed by atoms with Crippen molar-refractivity contribution in [2.24, 2.45) is 0 Å². The summed E-state index contributed by atoms with van der Waals surface area (Å²) in [5.41, 5.74) is 9.25. The van der Waals surface area contributed by atoms with E-state index in [-0.39, 0.29) is 11.9 Å². The molecular weight excluding hydrogens is 267 g/mol. The molecule has 112 valence electrons. The van der Waals surface area contributed by atoms with Gasteiger partial charge in [0.2, 0.25) is 0 Å². The lowest BCUT2D eigenvalue weighted by molar-refractivity contribution is 0.231. The zero-order valence-electron chi connectivity index (χ0n) is 12.6. The molecule has 0 saturated carbocycles. The van der Waals surface area contributed by atoms with Gasteiger partial charge in [-0.1, -0.05) is 29.8 Å². The number of nitrogen functional groups attached to an aromatic ring is 1. The van der Waals surface area contributed by atoms with Crippen molar-refractivity contribution in [3.63, 3.8) is 0 Å². The molecule has 0 aliphatic heterocycles. The molecule has 0 aromatic heterocycles. The second kappa shape index (κ2) is 6.48. The molecule has 3 nitrogen and oxygen atoms in total. The highest BCUT2D eigenvalue weighted by Gasteiger charge is 2.10. The average Bonchev–Trinajstić information content (AvgIpc) is 2.40. The monoisotopic (exact) mass is 288 g/mol. The third kappa shape index (κ3) is 4.12. The first-order chi connectivity index (χ1) is 9.95. The van der Waals surface area contributed by atoms with Crippen molar-refractivity contribution in [1.29, 1.82) is 0 Å². The number of benzene rings is 2. The lowest BCUT2D eigenvalue weighted by Gasteiger charge is -2.15. The summed E-state index contributed by atoms with van der Waals surface area (Å²) in [4.78, 5) is 0. The molecule has 0 saturated heterocycles. The molecule has 0 atom stereocenters. The zero-order valence-corrected chi connectivity index (χ0v) is 12.6. The Morgan fingerprint density at radius 2 is 2.00 bits per heavy atom. The van der Waals surface area contributed by atoms with E-state index in [1.807, 2.05) is 39.0 Å². The van der Waals surface area contributed by atoms with E-state index in [1.165, 1.54) is 11.6 Å². The summed E-state index contributed by atoms with van der Waals surface area (Å²) in [5, 5.41) is 3.23. The van der Waals surface area contributed by atoms with E-state index < -0.39 is 5.82 Å². The minimum absolute atomic E-state index is 0.0900. The first kappa shape index (κ1) is 15.2. The third-order valence-electron chi connectivity index (χ3n) is 3.03. The van der Waals surface area contributed by atoms with Gasteiger partial charge >= 0.3 is 0 Å². The number of aryl methyl sites for hydroxylation is 1. The predicted molar refractivity (Wildman–Crippen MR) is 85.1 cm³/mol. The van der Waals surface area contributed by atoms with Gasteiger partial charge in [0.15, 0.2) is 11.6 Å². The summed E-state index contributed by atoms with van der Waals surface area (Å²) >= 11 is 0. The van der Waals surface area contributed by atoms with E-state index in [9.17, 15) is 4.39 Å². The molecule has 0 radical (unpaired) electrons. The number of anilines is 2. The van der Waals surface area contributed by atoms with E-state index in [1.54, 1.807) is 6.07 Å². The van der Waals surface area contributed by atoms with Crippen LogP contribution in [0.3, 0.4) is 0 Å². The molecule has 0 amide bonds. The molecule has 0 bridgehead atoms. The maximum absolute atomic E-state index is 13.8. The molecule has 2 aromatic carbocycles. The summed E-state index contributed by atoms with van der Waals surface area (Å²) in [6.45, 7) is 6.38. The van der Waals surface area contributed by atoms with Gasteiger partial charge in [-0.05, 0) is 26.3 Å². The number of ether oxygens (including phenoxy) is 1. The molecule has 2 aromatic rings. The van der Waals surface area contributed by atoms with Crippen LogP contribution in [-0.4, -0.2) is 6.10 Å². The first-order valence-corrected chi connectivity index (χ1v) is 7.01. The normalized spacial score (nSPS) is 10.7. The summed E-state index contributed by atoms with van der Waals surface area (Å²) < 4.78 is 19.2. The highest BCUT2D eigenvalue weighted by molar-refractivity contribution is 5.68. The van der Waals surface area contributed by atoms with Crippen LogP contribution in [0.5, 0.6) is 5.75 Å². The Kier molecular flexibility index (Phi) is 4.68. The van der Waals surface area contributed by atoms with Crippen LogP contribution >= 0.6 is 0 Å². The van der Waals surface area contributed by atoms with Crippen molar-refractivity contribution >= 4 is 11.4 Å². The fraction of sp³-hybridized carbons (Fsp3) is 0.294. The van der Waals surface area contributed by atoms with Gasteiger partial charge in [-0.3, -0.25) is 0 Å². The standard InChI is InChI=1S/C17H21FN2O/c1-11(2)21-17-9-16(15(19)8-14(17)18)20-10-13-6-4-5-12(3)7-13/h4-9,11,20H,10,19H2,1-3H3. The number of nitrogens with one attached hydrogen (secondary N) is 1. The van der Waals surface area contributed by atoms with E-state index in [4.69, 9.17) is 10.5 Å². The number of rotatable bonds is 5. The second-order valence-corrected chi connectivity index (χ2v) is 5.38. The molecule has 2 rings (SSSR count). The van der Waals surface area contributed by atoms with Gasteiger partial charge in [0.05, 0.1) is 17.5 Å². The minimum Gasteiger partial charge on any atom is -0.488 e. The number of nitrogens with two attached hydrogens (primary N) is 1.